The Morgan fingerprint density at radius 2 is 2.13 bits per heavy atom. The third-order valence-corrected chi connectivity index (χ3v) is 5.73. The topological polar surface area (TPSA) is 76.0 Å². The lowest BCUT2D eigenvalue weighted by Gasteiger charge is -2.27. The molecule has 3 aromatic heterocycles. The van der Waals surface area contributed by atoms with Crippen LogP contribution in [0, 0.1) is 0 Å². The SMILES string of the molecule is COc1ccc2c(CN3CCc4c(nc(-c5ccccn5)[nH]c4=O)C3)cn(C)c2c1. The Morgan fingerprint density at radius 1 is 1.23 bits per heavy atom. The first-order chi connectivity index (χ1) is 14.6. The number of aromatic nitrogens is 4. The Kier molecular flexibility index (Phi) is 4.59. The average molecular weight is 401 g/mol. The van der Waals surface area contributed by atoms with Crippen molar-refractivity contribution in [2.45, 2.75) is 19.5 Å². The number of aryl methyl sites for hydroxylation is 1. The summed E-state index contributed by atoms with van der Waals surface area (Å²) >= 11 is 0. The van der Waals surface area contributed by atoms with Crippen LogP contribution in [0.2, 0.25) is 0 Å². The number of nitrogens with zero attached hydrogens (tertiary/aromatic N) is 4. The van der Waals surface area contributed by atoms with E-state index in [9.17, 15) is 4.79 Å². The fourth-order valence-electron chi connectivity index (χ4n) is 4.19. The van der Waals surface area contributed by atoms with Crippen molar-refractivity contribution >= 4 is 10.9 Å². The van der Waals surface area contributed by atoms with Crippen LogP contribution in [-0.2, 0) is 26.6 Å². The summed E-state index contributed by atoms with van der Waals surface area (Å²) < 4.78 is 7.50. The number of pyridine rings is 1. The number of nitrogens with one attached hydrogen (secondary N) is 1. The Balaban J connectivity index is 1.44. The van der Waals surface area contributed by atoms with Crippen molar-refractivity contribution in [3.8, 4) is 17.3 Å². The Labute approximate surface area is 174 Å². The third kappa shape index (κ3) is 3.27. The second-order valence-corrected chi connectivity index (χ2v) is 7.66. The second-order valence-electron chi connectivity index (χ2n) is 7.66. The summed E-state index contributed by atoms with van der Waals surface area (Å²) in [4.78, 5) is 26.9. The number of aromatic amines is 1. The standard InChI is InChI=1S/C23H23N5O2/c1-27-12-15(17-7-6-16(30-2)11-21(17)27)13-28-10-8-18-20(14-28)25-22(26-23(18)29)19-5-3-4-9-24-19/h3-7,9,11-12H,8,10,13-14H2,1-2H3,(H,25,26,29). The number of hydrogen-bond acceptors (Lipinski definition) is 5. The molecule has 1 aromatic carbocycles. The van der Waals surface area contributed by atoms with E-state index < -0.39 is 0 Å². The summed E-state index contributed by atoms with van der Waals surface area (Å²) in [6.45, 7) is 2.27. The summed E-state index contributed by atoms with van der Waals surface area (Å²) in [7, 11) is 3.74. The molecule has 0 fully saturated rings. The summed E-state index contributed by atoms with van der Waals surface area (Å²) in [5.41, 5.74) is 4.65. The lowest BCUT2D eigenvalue weighted by molar-refractivity contribution is 0.241. The molecule has 4 heterocycles. The van der Waals surface area contributed by atoms with Gasteiger partial charge < -0.3 is 14.3 Å². The quantitative estimate of drug-likeness (QED) is 0.569. The van der Waals surface area contributed by atoms with Crippen LogP contribution in [0.5, 0.6) is 5.75 Å². The Morgan fingerprint density at radius 3 is 2.93 bits per heavy atom. The van der Waals surface area contributed by atoms with Gasteiger partial charge in [-0.1, -0.05) is 6.07 Å². The minimum atomic E-state index is -0.0578. The van der Waals surface area contributed by atoms with E-state index in [0.717, 1.165) is 35.6 Å². The van der Waals surface area contributed by atoms with Gasteiger partial charge >= 0.3 is 0 Å². The highest BCUT2D eigenvalue weighted by Gasteiger charge is 2.22. The Bertz CT molecular complexity index is 1280. The van der Waals surface area contributed by atoms with Crippen LogP contribution in [0.4, 0.5) is 0 Å². The van der Waals surface area contributed by atoms with E-state index in [2.05, 4.69) is 44.8 Å². The molecule has 0 atom stereocenters. The van der Waals surface area contributed by atoms with E-state index in [-0.39, 0.29) is 5.56 Å². The number of hydrogen-bond donors (Lipinski definition) is 1. The molecule has 0 bridgehead atoms. The van der Waals surface area contributed by atoms with Crippen molar-refractivity contribution in [2.24, 2.45) is 7.05 Å². The van der Waals surface area contributed by atoms with Gasteiger partial charge in [-0.15, -0.1) is 0 Å². The highest BCUT2D eigenvalue weighted by Crippen LogP contribution is 2.27. The van der Waals surface area contributed by atoms with Gasteiger partial charge in [-0.3, -0.25) is 14.7 Å². The number of benzene rings is 1. The maximum Gasteiger partial charge on any atom is 0.254 e. The lowest BCUT2D eigenvalue weighted by atomic mass is 10.0. The molecule has 152 valence electrons. The zero-order valence-corrected chi connectivity index (χ0v) is 17.1. The predicted octanol–water partition coefficient (Wildman–Crippen LogP) is 2.89. The average Bonchev–Trinajstić information content (AvgIpc) is 3.08. The molecule has 7 nitrogen and oxygen atoms in total. The highest BCUT2D eigenvalue weighted by molar-refractivity contribution is 5.85. The molecule has 0 aliphatic carbocycles. The van der Waals surface area contributed by atoms with Gasteiger partial charge in [-0.05, 0) is 36.2 Å². The van der Waals surface area contributed by atoms with Crippen molar-refractivity contribution < 1.29 is 4.74 Å². The van der Waals surface area contributed by atoms with Crippen LogP contribution in [0.25, 0.3) is 22.4 Å². The van der Waals surface area contributed by atoms with Gasteiger partial charge in [0.2, 0.25) is 0 Å². The molecule has 7 heteroatoms. The summed E-state index contributed by atoms with van der Waals surface area (Å²) in [5, 5.41) is 1.22. The second kappa shape index (κ2) is 7.42. The van der Waals surface area contributed by atoms with Gasteiger partial charge in [0.05, 0.1) is 18.3 Å². The molecule has 1 N–H and O–H groups in total. The zero-order chi connectivity index (χ0) is 20.7. The molecule has 30 heavy (non-hydrogen) atoms. The van der Waals surface area contributed by atoms with E-state index in [1.54, 1.807) is 13.3 Å². The van der Waals surface area contributed by atoms with Crippen molar-refractivity contribution in [3.05, 3.63) is 76.0 Å². The normalized spacial score (nSPS) is 14.1. The van der Waals surface area contributed by atoms with Gasteiger partial charge in [0, 0.05) is 56.1 Å². The number of H-pyrrole nitrogens is 1. The minimum Gasteiger partial charge on any atom is -0.497 e. The summed E-state index contributed by atoms with van der Waals surface area (Å²) in [6, 6.07) is 11.8. The number of ether oxygens (including phenoxy) is 1. The van der Waals surface area contributed by atoms with E-state index in [1.165, 1.54) is 10.9 Å². The van der Waals surface area contributed by atoms with Crippen molar-refractivity contribution in [1.82, 2.24) is 24.4 Å². The summed E-state index contributed by atoms with van der Waals surface area (Å²) in [6.07, 6.45) is 4.57. The molecule has 5 rings (SSSR count). The first-order valence-electron chi connectivity index (χ1n) is 10.00. The van der Waals surface area contributed by atoms with Crippen LogP contribution < -0.4 is 10.3 Å². The van der Waals surface area contributed by atoms with Gasteiger partial charge in [0.25, 0.3) is 5.56 Å². The maximum atomic E-state index is 12.6. The first-order valence-corrected chi connectivity index (χ1v) is 10.00. The molecule has 0 unspecified atom stereocenters. The molecular formula is C23H23N5O2. The van der Waals surface area contributed by atoms with E-state index in [4.69, 9.17) is 9.72 Å². The molecule has 1 aliphatic rings. The van der Waals surface area contributed by atoms with E-state index >= 15 is 0 Å². The number of methoxy groups -OCH3 is 1. The van der Waals surface area contributed by atoms with Gasteiger partial charge in [-0.2, -0.15) is 0 Å². The largest absolute Gasteiger partial charge is 0.497 e. The van der Waals surface area contributed by atoms with Crippen molar-refractivity contribution in [2.75, 3.05) is 13.7 Å². The fourth-order valence-corrected chi connectivity index (χ4v) is 4.19. The van der Waals surface area contributed by atoms with Gasteiger partial charge in [0.1, 0.15) is 11.4 Å². The van der Waals surface area contributed by atoms with Gasteiger partial charge in [0.15, 0.2) is 5.82 Å². The van der Waals surface area contributed by atoms with E-state index in [1.807, 2.05) is 24.3 Å². The summed E-state index contributed by atoms with van der Waals surface area (Å²) in [5.74, 6) is 1.38. The molecule has 0 amide bonds. The molecule has 4 aromatic rings. The Hall–Kier alpha value is -3.45. The van der Waals surface area contributed by atoms with Crippen LogP contribution >= 0.6 is 0 Å². The molecule has 0 spiro atoms. The fraction of sp³-hybridized carbons (Fsp3) is 0.261. The monoisotopic (exact) mass is 401 g/mol. The molecular weight excluding hydrogens is 378 g/mol. The van der Waals surface area contributed by atoms with E-state index in [0.29, 0.717) is 24.5 Å². The number of rotatable bonds is 4. The van der Waals surface area contributed by atoms with Crippen LogP contribution in [0.15, 0.2) is 53.6 Å². The van der Waals surface area contributed by atoms with Crippen molar-refractivity contribution in [1.29, 1.82) is 0 Å². The van der Waals surface area contributed by atoms with Crippen LogP contribution in [-0.4, -0.2) is 38.1 Å². The molecule has 0 saturated heterocycles. The third-order valence-electron chi connectivity index (χ3n) is 5.73. The highest BCUT2D eigenvalue weighted by atomic mass is 16.5. The lowest BCUT2D eigenvalue weighted by Crippen LogP contribution is -2.35. The molecule has 0 saturated carbocycles. The maximum absolute atomic E-state index is 12.6. The van der Waals surface area contributed by atoms with Crippen molar-refractivity contribution in [3.63, 3.8) is 0 Å². The predicted molar refractivity (Wildman–Crippen MR) is 115 cm³/mol. The van der Waals surface area contributed by atoms with Gasteiger partial charge in [-0.25, -0.2) is 4.98 Å². The number of fused-ring (bicyclic) bond motifs is 2. The first kappa shape index (κ1) is 18.6. The minimum absolute atomic E-state index is 0.0578. The van der Waals surface area contributed by atoms with Crippen LogP contribution in [0.3, 0.4) is 0 Å². The molecule has 0 radical (unpaired) electrons. The molecule has 1 aliphatic heterocycles. The smallest absolute Gasteiger partial charge is 0.254 e. The van der Waals surface area contributed by atoms with Crippen LogP contribution in [0.1, 0.15) is 16.8 Å². The zero-order valence-electron chi connectivity index (χ0n) is 17.1.